The minimum Gasteiger partial charge on any atom is -0.496 e. The zero-order valence-electron chi connectivity index (χ0n) is 9.84. The van der Waals surface area contributed by atoms with E-state index in [9.17, 15) is 0 Å². The summed E-state index contributed by atoms with van der Waals surface area (Å²) in [6, 6.07) is 8.68. The van der Waals surface area contributed by atoms with Crippen LogP contribution in [-0.2, 0) is 6.42 Å². The molecule has 1 saturated carbocycles. The van der Waals surface area contributed by atoms with Gasteiger partial charge in [-0.05, 0) is 18.9 Å². The van der Waals surface area contributed by atoms with Crippen LogP contribution in [0.2, 0.25) is 0 Å². The van der Waals surface area contributed by atoms with Crippen molar-refractivity contribution in [2.75, 3.05) is 7.11 Å². The average Bonchev–Trinajstić information content (AvgIpc) is 3.11. The molecule has 1 heterocycles. The first-order chi connectivity index (χ1) is 8.38. The average molecular weight is 229 g/mol. The van der Waals surface area contributed by atoms with Crippen molar-refractivity contribution in [3.05, 3.63) is 42.0 Å². The molecular formula is C13H15N3O. The zero-order valence-corrected chi connectivity index (χ0v) is 9.84. The predicted molar refractivity (Wildman–Crippen MR) is 64.1 cm³/mol. The molecular weight excluding hydrogens is 214 g/mol. The minimum atomic E-state index is 0.620. The van der Waals surface area contributed by atoms with Crippen molar-refractivity contribution < 1.29 is 4.74 Å². The maximum atomic E-state index is 5.35. The highest BCUT2D eigenvalue weighted by molar-refractivity contribution is 5.35. The molecule has 88 valence electrons. The van der Waals surface area contributed by atoms with Crippen LogP contribution in [0.25, 0.3) is 0 Å². The Morgan fingerprint density at radius 2 is 2.18 bits per heavy atom. The molecule has 0 spiro atoms. The standard InChI is InChI=1S/C13H15N3O/c1-17-12-5-3-2-4-10(12)8-13-15-14-9-16(13)11-6-7-11/h2-5,9,11H,6-8H2,1H3. The Kier molecular flexibility index (Phi) is 2.55. The van der Waals surface area contributed by atoms with Gasteiger partial charge in [-0.1, -0.05) is 18.2 Å². The van der Waals surface area contributed by atoms with Crippen LogP contribution in [0.15, 0.2) is 30.6 Å². The van der Waals surface area contributed by atoms with Gasteiger partial charge >= 0.3 is 0 Å². The van der Waals surface area contributed by atoms with Gasteiger partial charge < -0.3 is 9.30 Å². The van der Waals surface area contributed by atoms with E-state index in [1.54, 1.807) is 7.11 Å². The van der Waals surface area contributed by atoms with Gasteiger partial charge in [0.1, 0.15) is 17.9 Å². The molecule has 0 atom stereocenters. The number of aromatic nitrogens is 3. The van der Waals surface area contributed by atoms with E-state index in [1.165, 1.54) is 12.8 Å². The first kappa shape index (κ1) is 10.3. The van der Waals surface area contributed by atoms with Crippen LogP contribution in [0.5, 0.6) is 5.75 Å². The van der Waals surface area contributed by atoms with Gasteiger partial charge in [0, 0.05) is 18.0 Å². The van der Waals surface area contributed by atoms with Crippen LogP contribution in [0, 0.1) is 0 Å². The highest BCUT2D eigenvalue weighted by Crippen LogP contribution is 2.35. The van der Waals surface area contributed by atoms with Crippen molar-refractivity contribution in [2.24, 2.45) is 0 Å². The van der Waals surface area contributed by atoms with E-state index in [2.05, 4.69) is 20.8 Å². The Balaban J connectivity index is 1.88. The quantitative estimate of drug-likeness (QED) is 0.807. The van der Waals surface area contributed by atoms with Crippen molar-refractivity contribution in [1.82, 2.24) is 14.8 Å². The molecule has 0 radical (unpaired) electrons. The smallest absolute Gasteiger partial charge is 0.137 e. The van der Waals surface area contributed by atoms with Crippen molar-refractivity contribution >= 4 is 0 Å². The molecule has 0 amide bonds. The summed E-state index contributed by atoms with van der Waals surface area (Å²) in [5.41, 5.74) is 1.16. The molecule has 1 aliphatic rings. The van der Waals surface area contributed by atoms with E-state index < -0.39 is 0 Å². The first-order valence-corrected chi connectivity index (χ1v) is 5.89. The van der Waals surface area contributed by atoms with Crippen molar-refractivity contribution in [3.63, 3.8) is 0 Å². The second-order valence-electron chi connectivity index (χ2n) is 4.37. The third-order valence-corrected chi connectivity index (χ3v) is 3.13. The number of benzene rings is 1. The third kappa shape index (κ3) is 2.02. The lowest BCUT2D eigenvalue weighted by Gasteiger charge is -2.08. The molecule has 1 aliphatic carbocycles. The summed E-state index contributed by atoms with van der Waals surface area (Å²) in [4.78, 5) is 0. The SMILES string of the molecule is COc1ccccc1Cc1nncn1C1CC1. The molecule has 0 N–H and O–H groups in total. The second kappa shape index (κ2) is 4.20. The van der Waals surface area contributed by atoms with Crippen LogP contribution in [0.4, 0.5) is 0 Å². The molecule has 4 heteroatoms. The van der Waals surface area contributed by atoms with E-state index in [1.807, 2.05) is 24.5 Å². The Labute approximate surface area is 100 Å². The second-order valence-corrected chi connectivity index (χ2v) is 4.37. The van der Waals surface area contributed by atoms with Gasteiger partial charge in [0.05, 0.1) is 7.11 Å². The van der Waals surface area contributed by atoms with Crippen molar-refractivity contribution in [3.8, 4) is 5.75 Å². The summed E-state index contributed by atoms with van der Waals surface area (Å²) in [6.45, 7) is 0. The molecule has 17 heavy (non-hydrogen) atoms. The third-order valence-electron chi connectivity index (χ3n) is 3.13. The number of ether oxygens (including phenoxy) is 1. The summed E-state index contributed by atoms with van der Waals surface area (Å²) < 4.78 is 7.54. The van der Waals surface area contributed by atoms with Crippen molar-refractivity contribution in [2.45, 2.75) is 25.3 Å². The molecule has 0 unspecified atom stereocenters. The molecule has 0 saturated heterocycles. The van der Waals surface area contributed by atoms with Gasteiger partial charge in [-0.15, -0.1) is 10.2 Å². The Hall–Kier alpha value is -1.84. The lowest BCUT2D eigenvalue weighted by atomic mass is 10.1. The molecule has 1 aromatic heterocycles. The molecule has 1 fully saturated rings. The summed E-state index contributed by atoms with van der Waals surface area (Å²) in [6.07, 6.45) is 5.11. The number of para-hydroxylation sites is 1. The van der Waals surface area contributed by atoms with Crippen LogP contribution in [0.3, 0.4) is 0 Å². The van der Waals surface area contributed by atoms with Crippen LogP contribution in [0.1, 0.15) is 30.3 Å². The summed E-state index contributed by atoms with van der Waals surface area (Å²) >= 11 is 0. The van der Waals surface area contributed by atoms with Crippen molar-refractivity contribution in [1.29, 1.82) is 0 Å². The van der Waals surface area contributed by atoms with Gasteiger partial charge in [-0.2, -0.15) is 0 Å². The number of hydrogen-bond acceptors (Lipinski definition) is 3. The van der Waals surface area contributed by atoms with Crippen LogP contribution < -0.4 is 4.74 Å². The fourth-order valence-corrected chi connectivity index (χ4v) is 2.07. The Morgan fingerprint density at radius 3 is 2.94 bits per heavy atom. The van der Waals surface area contributed by atoms with Gasteiger partial charge in [0.2, 0.25) is 0 Å². The maximum absolute atomic E-state index is 5.35. The van der Waals surface area contributed by atoms with E-state index >= 15 is 0 Å². The zero-order chi connectivity index (χ0) is 11.7. The predicted octanol–water partition coefficient (Wildman–Crippen LogP) is 2.21. The lowest BCUT2D eigenvalue weighted by Crippen LogP contribution is -2.02. The van der Waals surface area contributed by atoms with E-state index in [4.69, 9.17) is 4.74 Å². The number of nitrogens with zero attached hydrogens (tertiary/aromatic N) is 3. The fraction of sp³-hybridized carbons (Fsp3) is 0.385. The monoisotopic (exact) mass is 229 g/mol. The highest BCUT2D eigenvalue weighted by atomic mass is 16.5. The molecule has 0 bridgehead atoms. The molecule has 2 aromatic rings. The summed E-state index contributed by atoms with van der Waals surface area (Å²) in [7, 11) is 1.70. The molecule has 1 aromatic carbocycles. The molecule has 4 nitrogen and oxygen atoms in total. The minimum absolute atomic E-state index is 0.620. The van der Waals surface area contributed by atoms with Crippen LogP contribution >= 0.6 is 0 Å². The Bertz CT molecular complexity index is 517. The van der Waals surface area contributed by atoms with E-state index in [0.717, 1.165) is 23.6 Å². The van der Waals surface area contributed by atoms with Gasteiger partial charge in [0.25, 0.3) is 0 Å². The van der Waals surface area contributed by atoms with Gasteiger partial charge in [0.15, 0.2) is 0 Å². The lowest BCUT2D eigenvalue weighted by molar-refractivity contribution is 0.410. The first-order valence-electron chi connectivity index (χ1n) is 5.89. The number of methoxy groups -OCH3 is 1. The van der Waals surface area contributed by atoms with Gasteiger partial charge in [-0.25, -0.2) is 0 Å². The summed E-state index contributed by atoms with van der Waals surface area (Å²) in [5.74, 6) is 1.94. The largest absolute Gasteiger partial charge is 0.496 e. The highest BCUT2D eigenvalue weighted by Gasteiger charge is 2.26. The normalized spacial score (nSPS) is 14.9. The van der Waals surface area contributed by atoms with Gasteiger partial charge in [-0.3, -0.25) is 0 Å². The van der Waals surface area contributed by atoms with Crippen LogP contribution in [-0.4, -0.2) is 21.9 Å². The number of rotatable bonds is 4. The van der Waals surface area contributed by atoms with E-state index in [0.29, 0.717) is 6.04 Å². The molecule has 3 rings (SSSR count). The topological polar surface area (TPSA) is 39.9 Å². The van der Waals surface area contributed by atoms with E-state index in [-0.39, 0.29) is 0 Å². The maximum Gasteiger partial charge on any atom is 0.137 e. The number of hydrogen-bond donors (Lipinski definition) is 0. The fourth-order valence-electron chi connectivity index (χ4n) is 2.07. The Morgan fingerprint density at radius 1 is 1.35 bits per heavy atom. The molecule has 0 aliphatic heterocycles. The summed E-state index contributed by atoms with van der Waals surface area (Å²) in [5, 5.41) is 8.21.